The van der Waals surface area contributed by atoms with Crippen molar-refractivity contribution in [3.8, 4) is 11.5 Å². The lowest BCUT2D eigenvalue weighted by atomic mass is 9.75. The van der Waals surface area contributed by atoms with Gasteiger partial charge in [0.25, 0.3) is 0 Å². The second kappa shape index (κ2) is 14.0. The van der Waals surface area contributed by atoms with E-state index in [4.69, 9.17) is 0 Å². The quantitative estimate of drug-likeness (QED) is 0.249. The third-order valence-electron chi connectivity index (χ3n) is 9.81. The van der Waals surface area contributed by atoms with E-state index in [1.165, 1.54) is 22.3 Å². The summed E-state index contributed by atoms with van der Waals surface area (Å²) < 4.78 is 0. The molecule has 2 unspecified atom stereocenters. The summed E-state index contributed by atoms with van der Waals surface area (Å²) in [5, 5.41) is 22.8. The minimum atomic E-state index is -0.141. The predicted octanol–water partition coefficient (Wildman–Crippen LogP) is 12.3. The van der Waals surface area contributed by atoms with Crippen molar-refractivity contribution in [1.29, 1.82) is 0 Å². The van der Waals surface area contributed by atoms with Gasteiger partial charge in [0.2, 0.25) is 0 Å². The van der Waals surface area contributed by atoms with E-state index in [1.54, 1.807) is 0 Å². The van der Waals surface area contributed by atoms with Gasteiger partial charge in [-0.2, -0.15) is 0 Å². The summed E-state index contributed by atoms with van der Waals surface area (Å²) in [5.74, 6) is 1.62. The Morgan fingerprint density at radius 2 is 1.17 bits per heavy atom. The van der Waals surface area contributed by atoms with Crippen LogP contribution in [-0.4, -0.2) is 10.2 Å². The lowest BCUT2D eigenvalue weighted by molar-refractivity contribution is 0.401. The number of hydrogen-bond donors (Lipinski definition) is 2. The number of rotatable bonds is 9. The fraction of sp³-hybridized carbons (Fsp3) is 0.545. The first-order chi connectivity index (χ1) is 21.1. The van der Waals surface area contributed by atoms with Gasteiger partial charge < -0.3 is 10.2 Å². The Hall–Kier alpha value is -3.00. The van der Waals surface area contributed by atoms with Crippen LogP contribution in [0.2, 0.25) is 0 Å². The molecule has 0 aliphatic carbocycles. The minimum absolute atomic E-state index is 0.000349. The number of benzene rings is 3. The van der Waals surface area contributed by atoms with E-state index in [-0.39, 0.29) is 21.7 Å². The van der Waals surface area contributed by atoms with Crippen LogP contribution in [0.5, 0.6) is 11.5 Å². The lowest BCUT2D eigenvalue weighted by Gasteiger charge is -2.30. The zero-order chi connectivity index (χ0) is 34.8. The Morgan fingerprint density at radius 1 is 0.652 bits per heavy atom. The predicted molar refractivity (Wildman–Crippen MR) is 201 cm³/mol. The summed E-state index contributed by atoms with van der Waals surface area (Å²) >= 11 is 0. The van der Waals surface area contributed by atoms with Gasteiger partial charge in [-0.3, -0.25) is 0 Å². The van der Waals surface area contributed by atoms with Crippen molar-refractivity contribution in [3.05, 3.63) is 99.1 Å². The summed E-state index contributed by atoms with van der Waals surface area (Å²) in [4.78, 5) is 0. The molecule has 0 aliphatic rings. The molecular weight excluding hydrogens is 560 g/mol. The average Bonchev–Trinajstić information content (AvgIpc) is 2.92. The molecule has 46 heavy (non-hydrogen) atoms. The van der Waals surface area contributed by atoms with Crippen molar-refractivity contribution in [2.24, 2.45) is 5.92 Å². The van der Waals surface area contributed by atoms with Gasteiger partial charge in [-0.25, -0.2) is 0 Å². The Bertz CT molecular complexity index is 1510. The molecule has 3 rings (SSSR count). The molecule has 0 bridgehead atoms. The van der Waals surface area contributed by atoms with E-state index in [0.29, 0.717) is 23.3 Å². The number of aromatic hydroxyl groups is 2. The molecule has 0 heterocycles. The van der Waals surface area contributed by atoms with Crippen LogP contribution in [0.25, 0.3) is 6.08 Å². The number of allylic oxidation sites excluding steroid dienone is 1. The van der Waals surface area contributed by atoms with Gasteiger partial charge >= 0.3 is 0 Å². The highest BCUT2D eigenvalue weighted by atomic mass is 16.3. The highest BCUT2D eigenvalue weighted by Gasteiger charge is 2.28. The minimum Gasteiger partial charge on any atom is -0.507 e. The van der Waals surface area contributed by atoms with E-state index in [1.807, 2.05) is 0 Å². The summed E-state index contributed by atoms with van der Waals surface area (Å²) in [6.07, 6.45) is 8.06. The van der Waals surface area contributed by atoms with Crippen LogP contribution in [0.3, 0.4) is 0 Å². The molecule has 2 heteroatoms. The van der Waals surface area contributed by atoms with E-state index in [9.17, 15) is 10.2 Å². The fourth-order valence-corrected chi connectivity index (χ4v) is 6.51. The number of hydrogen-bond acceptors (Lipinski definition) is 2. The number of phenolic OH excluding ortho intramolecular Hbond substituents is 2. The zero-order valence-electron chi connectivity index (χ0n) is 31.7. The molecule has 252 valence electrons. The molecule has 2 N–H and O–H groups in total. The van der Waals surface area contributed by atoms with E-state index >= 15 is 0 Å². The van der Waals surface area contributed by atoms with Crippen LogP contribution < -0.4 is 0 Å². The second-order valence-corrected chi connectivity index (χ2v) is 17.8. The van der Waals surface area contributed by atoms with Gasteiger partial charge in [0, 0.05) is 11.1 Å². The van der Waals surface area contributed by atoms with E-state index in [2.05, 4.69) is 158 Å². The standard InChI is InChI=1S/C44H64O2/c1-15-30(24-33-26-35(42(6,7)8)28-38(40(33)46)44(12,13)14)29(2)36-23-19-18-21-31(36)20-16-17-22-32-25-34(41(3,4)5)27-37(39(32)45)43(9,10)11/h17-19,21-23,25-30,45-46H,15-16,20,24H2,1-14H3. The third kappa shape index (κ3) is 9.08. The summed E-state index contributed by atoms with van der Waals surface area (Å²) in [5.41, 5.74) is 9.06. The molecular formula is C44H64O2. The van der Waals surface area contributed by atoms with Gasteiger partial charge in [0.15, 0.2) is 0 Å². The first kappa shape index (κ1) is 37.5. The fourth-order valence-electron chi connectivity index (χ4n) is 6.51. The van der Waals surface area contributed by atoms with Crippen LogP contribution in [0, 0.1) is 5.92 Å². The van der Waals surface area contributed by atoms with E-state index in [0.717, 1.165) is 47.9 Å². The van der Waals surface area contributed by atoms with E-state index < -0.39 is 0 Å². The van der Waals surface area contributed by atoms with Gasteiger partial charge in [-0.1, -0.05) is 158 Å². The first-order valence-electron chi connectivity index (χ1n) is 17.5. The smallest absolute Gasteiger partial charge is 0.126 e. The molecule has 0 saturated heterocycles. The Morgan fingerprint density at radius 3 is 1.70 bits per heavy atom. The normalized spacial score (nSPS) is 14.6. The van der Waals surface area contributed by atoms with Crippen LogP contribution in [-0.2, 0) is 34.5 Å². The molecule has 0 radical (unpaired) electrons. The maximum absolute atomic E-state index is 11.5. The molecule has 3 aromatic carbocycles. The molecule has 2 atom stereocenters. The van der Waals surface area contributed by atoms with Crippen molar-refractivity contribution in [3.63, 3.8) is 0 Å². The molecule has 0 spiro atoms. The highest BCUT2D eigenvalue weighted by molar-refractivity contribution is 5.63. The Kier molecular flexibility index (Phi) is 11.4. The molecule has 3 aromatic rings. The largest absolute Gasteiger partial charge is 0.507 e. The van der Waals surface area contributed by atoms with Crippen molar-refractivity contribution in [2.75, 3.05) is 0 Å². The molecule has 0 aliphatic heterocycles. The van der Waals surface area contributed by atoms with Gasteiger partial charge in [-0.05, 0) is 92.2 Å². The molecule has 0 saturated carbocycles. The monoisotopic (exact) mass is 624 g/mol. The third-order valence-corrected chi connectivity index (χ3v) is 9.81. The zero-order valence-corrected chi connectivity index (χ0v) is 31.7. The van der Waals surface area contributed by atoms with Crippen molar-refractivity contribution < 1.29 is 10.2 Å². The molecule has 2 nitrogen and oxygen atoms in total. The van der Waals surface area contributed by atoms with Gasteiger partial charge in [-0.15, -0.1) is 0 Å². The first-order valence-corrected chi connectivity index (χ1v) is 17.5. The van der Waals surface area contributed by atoms with Gasteiger partial charge in [0.05, 0.1) is 0 Å². The summed E-state index contributed by atoms with van der Waals surface area (Å²) in [6.45, 7) is 31.2. The van der Waals surface area contributed by atoms with Crippen LogP contribution in [0.15, 0.2) is 54.6 Å². The number of phenols is 2. The Labute approximate surface area is 282 Å². The molecule has 0 fully saturated rings. The van der Waals surface area contributed by atoms with Crippen LogP contribution >= 0.6 is 0 Å². The second-order valence-electron chi connectivity index (χ2n) is 17.8. The van der Waals surface area contributed by atoms with Gasteiger partial charge in [0.1, 0.15) is 11.5 Å². The molecule has 0 amide bonds. The Balaban J connectivity index is 1.89. The maximum Gasteiger partial charge on any atom is 0.126 e. The van der Waals surface area contributed by atoms with Crippen molar-refractivity contribution in [2.45, 2.75) is 150 Å². The average molecular weight is 625 g/mol. The summed E-state index contributed by atoms with van der Waals surface area (Å²) in [7, 11) is 0. The topological polar surface area (TPSA) is 40.5 Å². The SMILES string of the molecule is CCC(Cc1cc(C(C)(C)C)cc(C(C)(C)C)c1O)C(C)c1ccccc1CCC=Cc1cc(C(C)(C)C)cc(C(C)(C)C)c1O. The maximum atomic E-state index is 11.5. The summed E-state index contributed by atoms with van der Waals surface area (Å²) in [6, 6.07) is 17.7. The van der Waals surface area contributed by atoms with Crippen LogP contribution in [0.1, 0.15) is 160 Å². The lowest BCUT2D eigenvalue weighted by Crippen LogP contribution is -2.19. The van der Waals surface area contributed by atoms with Crippen LogP contribution in [0.4, 0.5) is 0 Å². The highest BCUT2D eigenvalue weighted by Crippen LogP contribution is 2.41. The van der Waals surface area contributed by atoms with Crippen molar-refractivity contribution in [1.82, 2.24) is 0 Å². The molecule has 0 aromatic heterocycles. The number of aryl methyl sites for hydroxylation is 1. The van der Waals surface area contributed by atoms with Crippen molar-refractivity contribution >= 4 is 6.08 Å².